The highest BCUT2D eigenvalue weighted by Gasteiger charge is 2.32. The molecule has 1 heterocycles. The highest BCUT2D eigenvalue weighted by atomic mass is 16.1. The molecule has 0 amide bonds. The van der Waals surface area contributed by atoms with E-state index in [1.54, 1.807) is 6.92 Å². The van der Waals surface area contributed by atoms with Crippen molar-refractivity contribution in [3.63, 3.8) is 0 Å². The molecule has 2 nitrogen and oxygen atoms in total. The van der Waals surface area contributed by atoms with Gasteiger partial charge < -0.3 is 0 Å². The van der Waals surface area contributed by atoms with Gasteiger partial charge in [0.2, 0.25) is 0 Å². The van der Waals surface area contributed by atoms with Crippen molar-refractivity contribution in [2.75, 3.05) is 13.6 Å². The standard InChI is InChI=1S/C13H17NO.C2H6/c1-10(15)13-8-12(9-14(13)2)11-6-4-3-5-7-11;1-2/h3-7,12-13H,8-9H2,1-2H3;1-2H3. The Morgan fingerprint density at radius 3 is 2.29 bits per heavy atom. The summed E-state index contributed by atoms with van der Waals surface area (Å²) in [6.45, 7) is 6.68. The van der Waals surface area contributed by atoms with Crippen molar-refractivity contribution in [3.8, 4) is 0 Å². The number of hydrogen-bond donors (Lipinski definition) is 0. The third-order valence-corrected chi connectivity index (χ3v) is 3.29. The molecule has 1 aliphatic heterocycles. The summed E-state index contributed by atoms with van der Waals surface area (Å²) < 4.78 is 0. The molecule has 2 atom stereocenters. The number of hydrogen-bond acceptors (Lipinski definition) is 2. The summed E-state index contributed by atoms with van der Waals surface area (Å²) in [5, 5.41) is 0. The summed E-state index contributed by atoms with van der Waals surface area (Å²) >= 11 is 0. The van der Waals surface area contributed by atoms with Crippen molar-refractivity contribution in [1.82, 2.24) is 4.90 Å². The van der Waals surface area contributed by atoms with Crippen LogP contribution in [0.3, 0.4) is 0 Å². The molecule has 1 fully saturated rings. The zero-order valence-electron chi connectivity index (χ0n) is 11.3. The lowest BCUT2D eigenvalue weighted by Gasteiger charge is -2.14. The van der Waals surface area contributed by atoms with Gasteiger partial charge in [-0.2, -0.15) is 0 Å². The number of carbonyl (C=O) groups is 1. The predicted octanol–water partition coefficient (Wildman–Crippen LogP) is 3.09. The molecular weight excluding hydrogens is 210 g/mol. The van der Waals surface area contributed by atoms with Crippen LogP contribution in [0.25, 0.3) is 0 Å². The average Bonchev–Trinajstić information content (AvgIpc) is 2.75. The number of Topliss-reactive ketones (excluding diaryl/α,β-unsaturated/α-hetero) is 1. The molecule has 0 spiro atoms. The predicted molar refractivity (Wildman–Crippen MR) is 72.2 cm³/mol. The fraction of sp³-hybridized carbons (Fsp3) is 0.533. The van der Waals surface area contributed by atoms with Gasteiger partial charge in [-0.3, -0.25) is 9.69 Å². The third-order valence-electron chi connectivity index (χ3n) is 3.29. The van der Waals surface area contributed by atoms with Gasteiger partial charge in [0, 0.05) is 6.54 Å². The van der Waals surface area contributed by atoms with Gasteiger partial charge >= 0.3 is 0 Å². The van der Waals surface area contributed by atoms with Crippen molar-refractivity contribution in [3.05, 3.63) is 35.9 Å². The topological polar surface area (TPSA) is 20.3 Å². The van der Waals surface area contributed by atoms with Gasteiger partial charge in [0.15, 0.2) is 0 Å². The lowest BCUT2D eigenvalue weighted by atomic mass is 9.95. The summed E-state index contributed by atoms with van der Waals surface area (Å²) in [6.07, 6.45) is 0.968. The zero-order chi connectivity index (χ0) is 12.8. The second kappa shape index (κ2) is 6.55. The quantitative estimate of drug-likeness (QED) is 0.782. The number of carbonyl (C=O) groups excluding carboxylic acids is 1. The molecule has 1 aliphatic rings. The Kier molecular flexibility index (Phi) is 5.36. The van der Waals surface area contributed by atoms with Crippen LogP contribution in [-0.4, -0.2) is 30.3 Å². The van der Waals surface area contributed by atoms with Gasteiger partial charge in [0.1, 0.15) is 5.78 Å². The van der Waals surface area contributed by atoms with Gasteiger partial charge in [-0.15, -0.1) is 0 Å². The number of rotatable bonds is 2. The van der Waals surface area contributed by atoms with Crippen molar-refractivity contribution < 1.29 is 4.79 Å². The second-order valence-corrected chi connectivity index (χ2v) is 4.41. The van der Waals surface area contributed by atoms with E-state index in [9.17, 15) is 4.79 Å². The molecule has 1 aromatic rings. The molecular formula is C15H23NO. The van der Waals surface area contributed by atoms with Crippen LogP contribution in [-0.2, 0) is 4.79 Å². The lowest BCUT2D eigenvalue weighted by molar-refractivity contribution is -0.120. The second-order valence-electron chi connectivity index (χ2n) is 4.41. The molecule has 2 rings (SSSR count). The molecule has 0 aromatic heterocycles. The smallest absolute Gasteiger partial charge is 0.146 e. The van der Waals surface area contributed by atoms with E-state index < -0.39 is 0 Å². The van der Waals surface area contributed by atoms with E-state index in [0.29, 0.717) is 5.92 Å². The molecule has 0 bridgehead atoms. The van der Waals surface area contributed by atoms with Crippen LogP contribution >= 0.6 is 0 Å². The van der Waals surface area contributed by atoms with Gasteiger partial charge in [-0.25, -0.2) is 0 Å². The normalized spacial score (nSPS) is 24.0. The fourth-order valence-corrected chi connectivity index (χ4v) is 2.44. The first kappa shape index (κ1) is 13.9. The zero-order valence-corrected chi connectivity index (χ0v) is 11.3. The number of likely N-dealkylation sites (tertiary alicyclic amines) is 1. The Bertz CT molecular complexity index is 347. The molecule has 1 saturated heterocycles. The first-order chi connectivity index (χ1) is 8.18. The number of benzene rings is 1. The first-order valence-electron chi connectivity index (χ1n) is 6.44. The van der Waals surface area contributed by atoms with Crippen molar-refractivity contribution in [2.45, 2.75) is 39.2 Å². The Balaban J connectivity index is 0.000000686. The van der Waals surface area contributed by atoms with Gasteiger partial charge in [-0.05, 0) is 31.9 Å². The van der Waals surface area contributed by atoms with Crippen LogP contribution in [0.1, 0.15) is 38.7 Å². The summed E-state index contributed by atoms with van der Waals surface area (Å²) in [5.74, 6) is 0.807. The minimum atomic E-state index is 0.121. The fourth-order valence-electron chi connectivity index (χ4n) is 2.44. The van der Waals surface area contributed by atoms with E-state index >= 15 is 0 Å². The largest absolute Gasteiger partial charge is 0.298 e. The van der Waals surface area contributed by atoms with Crippen LogP contribution in [0.4, 0.5) is 0 Å². The summed E-state index contributed by atoms with van der Waals surface area (Å²) in [6, 6.07) is 10.6. The molecule has 2 heteroatoms. The van der Waals surface area contributed by atoms with E-state index in [-0.39, 0.29) is 11.8 Å². The van der Waals surface area contributed by atoms with E-state index in [2.05, 4.69) is 29.2 Å². The highest BCUT2D eigenvalue weighted by molar-refractivity contribution is 5.81. The summed E-state index contributed by atoms with van der Waals surface area (Å²) in [5.41, 5.74) is 1.35. The van der Waals surface area contributed by atoms with E-state index in [1.165, 1.54) is 5.56 Å². The molecule has 0 N–H and O–H groups in total. The molecule has 1 aromatic carbocycles. The number of likely N-dealkylation sites (N-methyl/N-ethyl adjacent to an activating group) is 1. The Morgan fingerprint density at radius 2 is 1.82 bits per heavy atom. The highest BCUT2D eigenvalue weighted by Crippen LogP contribution is 2.30. The van der Waals surface area contributed by atoms with Crippen LogP contribution < -0.4 is 0 Å². The van der Waals surface area contributed by atoms with Crippen molar-refractivity contribution >= 4 is 5.78 Å². The Labute approximate surface area is 105 Å². The average molecular weight is 233 g/mol. The van der Waals surface area contributed by atoms with E-state index in [1.807, 2.05) is 27.0 Å². The molecule has 0 radical (unpaired) electrons. The monoisotopic (exact) mass is 233 g/mol. The molecule has 2 unspecified atom stereocenters. The number of nitrogens with zero attached hydrogens (tertiary/aromatic N) is 1. The lowest BCUT2D eigenvalue weighted by Crippen LogP contribution is -2.30. The molecule has 94 valence electrons. The van der Waals surface area contributed by atoms with Gasteiger partial charge in [-0.1, -0.05) is 44.2 Å². The van der Waals surface area contributed by atoms with Crippen LogP contribution in [0.2, 0.25) is 0 Å². The Morgan fingerprint density at radius 1 is 1.24 bits per heavy atom. The SMILES string of the molecule is CC.CC(=O)C1CC(c2ccccc2)CN1C. The van der Waals surface area contributed by atoms with Crippen LogP contribution in [0.15, 0.2) is 30.3 Å². The van der Waals surface area contributed by atoms with Gasteiger partial charge in [0.05, 0.1) is 6.04 Å². The van der Waals surface area contributed by atoms with Crippen molar-refractivity contribution in [2.24, 2.45) is 0 Å². The van der Waals surface area contributed by atoms with Gasteiger partial charge in [0.25, 0.3) is 0 Å². The molecule has 0 aliphatic carbocycles. The maximum atomic E-state index is 11.4. The molecule has 17 heavy (non-hydrogen) atoms. The van der Waals surface area contributed by atoms with E-state index in [4.69, 9.17) is 0 Å². The Hall–Kier alpha value is -1.15. The van der Waals surface area contributed by atoms with Crippen LogP contribution in [0.5, 0.6) is 0 Å². The maximum absolute atomic E-state index is 11.4. The number of ketones is 1. The minimum absolute atomic E-state index is 0.121. The van der Waals surface area contributed by atoms with Crippen molar-refractivity contribution in [1.29, 1.82) is 0 Å². The van der Waals surface area contributed by atoms with Crippen LogP contribution in [0, 0.1) is 0 Å². The summed E-state index contributed by atoms with van der Waals surface area (Å²) in [7, 11) is 2.04. The third kappa shape index (κ3) is 3.40. The maximum Gasteiger partial charge on any atom is 0.146 e. The van der Waals surface area contributed by atoms with E-state index in [0.717, 1.165) is 13.0 Å². The summed E-state index contributed by atoms with van der Waals surface area (Å²) in [4.78, 5) is 13.6. The molecule has 0 saturated carbocycles. The minimum Gasteiger partial charge on any atom is -0.298 e. The first-order valence-corrected chi connectivity index (χ1v) is 6.44.